The van der Waals surface area contributed by atoms with E-state index in [4.69, 9.17) is 5.73 Å². The van der Waals surface area contributed by atoms with Gasteiger partial charge in [0.05, 0.1) is 5.41 Å². The average molecular weight is 271 g/mol. The molecule has 0 aromatic heterocycles. The fourth-order valence-electron chi connectivity index (χ4n) is 1.75. The van der Waals surface area contributed by atoms with Gasteiger partial charge in [0.1, 0.15) is 6.61 Å². The first kappa shape index (κ1) is 17.2. The van der Waals surface area contributed by atoms with Gasteiger partial charge in [-0.25, -0.2) is 0 Å². The van der Waals surface area contributed by atoms with Crippen LogP contribution in [0.3, 0.4) is 0 Å². The van der Waals surface area contributed by atoms with Crippen molar-refractivity contribution in [1.29, 1.82) is 0 Å². The molecule has 0 aromatic carbocycles. The van der Waals surface area contributed by atoms with Gasteiger partial charge in [0.2, 0.25) is 0 Å². The van der Waals surface area contributed by atoms with Gasteiger partial charge in [-0.15, -0.1) is 0 Å². The van der Waals surface area contributed by atoms with E-state index in [0.717, 1.165) is 0 Å². The molecule has 4 nitrogen and oxygen atoms in total. The Morgan fingerprint density at radius 2 is 1.94 bits per heavy atom. The molecular formula is C11H20F3NO3. The van der Waals surface area contributed by atoms with Crippen LogP contribution in [0.1, 0.15) is 26.7 Å². The Hall–Kier alpha value is -0.820. The fraction of sp³-hybridized carbons (Fsp3) is 0.909. The van der Waals surface area contributed by atoms with Gasteiger partial charge in [0, 0.05) is 13.2 Å². The smallest absolute Gasteiger partial charge is 0.411 e. The number of carbonyl (C=O) groups is 1. The maximum atomic E-state index is 11.8. The predicted octanol–water partition coefficient (Wildman–Crippen LogP) is 2.03. The molecule has 1 unspecified atom stereocenters. The minimum atomic E-state index is -4.35. The molecule has 0 spiro atoms. The normalized spacial score (nSPS) is 15.7. The molecule has 3 N–H and O–H groups in total. The van der Waals surface area contributed by atoms with Crippen LogP contribution >= 0.6 is 0 Å². The molecule has 1 atom stereocenters. The second kappa shape index (κ2) is 6.94. The molecule has 0 saturated carbocycles. The highest BCUT2D eigenvalue weighted by Crippen LogP contribution is 2.32. The lowest BCUT2D eigenvalue weighted by molar-refractivity contribution is -0.175. The first-order valence-corrected chi connectivity index (χ1v) is 5.73. The maximum absolute atomic E-state index is 11.8. The zero-order chi connectivity index (χ0) is 14.4. The minimum Gasteiger partial charge on any atom is -0.481 e. The molecular weight excluding hydrogens is 251 g/mol. The molecule has 0 amide bonds. The minimum absolute atomic E-state index is 0.0424. The lowest BCUT2D eigenvalue weighted by Gasteiger charge is -2.32. The standard InChI is InChI=1S/C11H20F3NO3/c1-8(2)10(6-15,9(16)17)4-3-5-18-7-11(12,13)14/h8H,3-7,15H2,1-2H3,(H,16,17). The Morgan fingerprint density at radius 3 is 2.28 bits per heavy atom. The van der Waals surface area contributed by atoms with Gasteiger partial charge >= 0.3 is 12.1 Å². The first-order valence-electron chi connectivity index (χ1n) is 5.73. The van der Waals surface area contributed by atoms with E-state index in [1.54, 1.807) is 13.8 Å². The quantitative estimate of drug-likeness (QED) is 0.662. The van der Waals surface area contributed by atoms with Crippen LogP contribution in [0.5, 0.6) is 0 Å². The molecule has 0 radical (unpaired) electrons. The van der Waals surface area contributed by atoms with E-state index in [9.17, 15) is 23.1 Å². The van der Waals surface area contributed by atoms with Crippen LogP contribution in [-0.2, 0) is 9.53 Å². The van der Waals surface area contributed by atoms with E-state index < -0.39 is 24.2 Å². The Labute approximate surface area is 104 Å². The maximum Gasteiger partial charge on any atom is 0.411 e. The van der Waals surface area contributed by atoms with Crippen LogP contribution in [0.4, 0.5) is 13.2 Å². The molecule has 0 fully saturated rings. The van der Waals surface area contributed by atoms with E-state index in [1.807, 2.05) is 0 Å². The van der Waals surface area contributed by atoms with Gasteiger partial charge in [-0.1, -0.05) is 13.8 Å². The topological polar surface area (TPSA) is 72.5 Å². The molecule has 7 heteroatoms. The number of alkyl halides is 3. The van der Waals surface area contributed by atoms with Crippen molar-refractivity contribution in [2.45, 2.75) is 32.9 Å². The highest BCUT2D eigenvalue weighted by atomic mass is 19.4. The van der Waals surface area contributed by atoms with Crippen molar-refractivity contribution < 1.29 is 27.8 Å². The van der Waals surface area contributed by atoms with E-state index in [1.165, 1.54) is 0 Å². The van der Waals surface area contributed by atoms with E-state index >= 15 is 0 Å². The molecule has 0 aromatic rings. The largest absolute Gasteiger partial charge is 0.481 e. The summed E-state index contributed by atoms with van der Waals surface area (Å²) in [6, 6.07) is 0. The third kappa shape index (κ3) is 5.22. The number of hydrogen-bond donors (Lipinski definition) is 2. The lowest BCUT2D eigenvalue weighted by atomic mass is 9.74. The molecule has 0 rings (SSSR count). The summed E-state index contributed by atoms with van der Waals surface area (Å²) in [5.41, 5.74) is 4.40. The van der Waals surface area contributed by atoms with Crippen molar-refractivity contribution in [3.63, 3.8) is 0 Å². The highest BCUT2D eigenvalue weighted by molar-refractivity contribution is 5.75. The number of ether oxygens (including phenoxy) is 1. The molecule has 0 aliphatic carbocycles. The van der Waals surface area contributed by atoms with Crippen molar-refractivity contribution in [1.82, 2.24) is 0 Å². The van der Waals surface area contributed by atoms with Crippen LogP contribution in [0.25, 0.3) is 0 Å². The van der Waals surface area contributed by atoms with Gasteiger partial charge in [0.25, 0.3) is 0 Å². The zero-order valence-corrected chi connectivity index (χ0v) is 10.6. The second-order valence-electron chi connectivity index (χ2n) is 4.59. The Balaban J connectivity index is 4.18. The summed E-state index contributed by atoms with van der Waals surface area (Å²) in [6.07, 6.45) is -3.91. The highest BCUT2D eigenvalue weighted by Gasteiger charge is 2.39. The van der Waals surface area contributed by atoms with Crippen molar-refractivity contribution in [2.24, 2.45) is 17.1 Å². The van der Waals surface area contributed by atoms with Crippen LogP contribution < -0.4 is 5.73 Å². The zero-order valence-electron chi connectivity index (χ0n) is 10.6. The SMILES string of the molecule is CC(C)C(CN)(CCCOCC(F)(F)F)C(=O)O. The molecule has 108 valence electrons. The number of hydrogen-bond acceptors (Lipinski definition) is 3. The second-order valence-corrected chi connectivity index (χ2v) is 4.59. The number of nitrogens with two attached hydrogens (primary N) is 1. The molecule has 0 saturated heterocycles. The number of carboxylic acids is 1. The summed E-state index contributed by atoms with van der Waals surface area (Å²) in [5.74, 6) is -1.21. The predicted molar refractivity (Wildman–Crippen MR) is 60.1 cm³/mol. The van der Waals surface area contributed by atoms with Gasteiger partial charge in [-0.2, -0.15) is 13.2 Å². The summed E-state index contributed by atoms with van der Waals surface area (Å²) in [7, 11) is 0. The fourth-order valence-corrected chi connectivity index (χ4v) is 1.75. The Bertz CT molecular complexity index is 269. The number of carboxylic acid groups (broad SMARTS) is 1. The van der Waals surface area contributed by atoms with E-state index in [2.05, 4.69) is 4.74 Å². The van der Waals surface area contributed by atoms with E-state index in [-0.39, 0.29) is 31.9 Å². The number of rotatable bonds is 8. The van der Waals surface area contributed by atoms with Crippen molar-refractivity contribution in [2.75, 3.05) is 19.8 Å². The molecule has 0 aliphatic rings. The van der Waals surface area contributed by atoms with Gasteiger partial charge in [0.15, 0.2) is 0 Å². The van der Waals surface area contributed by atoms with Crippen LogP contribution in [-0.4, -0.2) is 37.0 Å². The van der Waals surface area contributed by atoms with Crippen molar-refractivity contribution in [3.8, 4) is 0 Å². The summed E-state index contributed by atoms with van der Waals surface area (Å²) >= 11 is 0. The third-order valence-electron chi connectivity index (χ3n) is 3.07. The van der Waals surface area contributed by atoms with Crippen LogP contribution in [0, 0.1) is 11.3 Å². The van der Waals surface area contributed by atoms with Crippen molar-refractivity contribution >= 4 is 5.97 Å². The summed E-state index contributed by atoms with van der Waals surface area (Å²) in [6.45, 7) is 1.99. The molecule has 0 heterocycles. The van der Waals surface area contributed by atoms with Gasteiger partial charge < -0.3 is 15.6 Å². The summed E-state index contributed by atoms with van der Waals surface area (Å²) < 4.78 is 39.8. The van der Waals surface area contributed by atoms with Crippen LogP contribution in [0.2, 0.25) is 0 Å². The van der Waals surface area contributed by atoms with E-state index in [0.29, 0.717) is 0 Å². The van der Waals surface area contributed by atoms with Gasteiger partial charge in [-0.05, 0) is 18.8 Å². The Morgan fingerprint density at radius 1 is 1.39 bits per heavy atom. The molecule has 18 heavy (non-hydrogen) atoms. The summed E-state index contributed by atoms with van der Waals surface area (Å²) in [4.78, 5) is 11.2. The third-order valence-corrected chi connectivity index (χ3v) is 3.07. The van der Waals surface area contributed by atoms with Gasteiger partial charge in [-0.3, -0.25) is 4.79 Å². The summed E-state index contributed by atoms with van der Waals surface area (Å²) in [5, 5.41) is 9.18. The lowest BCUT2D eigenvalue weighted by Crippen LogP contribution is -2.43. The van der Waals surface area contributed by atoms with Crippen LogP contribution in [0.15, 0.2) is 0 Å². The number of aliphatic carboxylic acids is 1. The monoisotopic (exact) mass is 271 g/mol. The number of halogens is 3. The first-order chi connectivity index (χ1) is 8.15. The molecule has 0 bridgehead atoms. The Kier molecular flexibility index (Phi) is 6.62. The molecule has 0 aliphatic heterocycles. The average Bonchev–Trinajstić information content (AvgIpc) is 2.20. The van der Waals surface area contributed by atoms with Crippen molar-refractivity contribution in [3.05, 3.63) is 0 Å².